The van der Waals surface area contributed by atoms with Crippen LogP contribution in [0.4, 0.5) is 0 Å². The number of benzene rings is 2. The van der Waals surface area contributed by atoms with Crippen LogP contribution in [0.2, 0.25) is 0 Å². The first-order valence-electron chi connectivity index (χ1n) is 8.83. The fourth-order valence-electron chi connectivity index (χ4n) is 3.08. The third-order valence-corrected chi connectivity index (χ3v) is 4.53. The van der Waals surface area contributed by atoms with Crippen molar-refractivity contribution in [1.29, 1.82) is 0 Å². The average molecular weight is 323 g/mol. The smallest absolute Gasteiger partial charge is 0.163 e. The molecule has 1 fully saturated rings. The summed E-state index contributed by atoms with van der Waals surface area (Å²) in [6.07, 6.45) is 3.94. The molecule has 2 aromatic carbocycles. The van der Waals surface area contributed by atoms with Crippen LogP contribution >= 0.6 is 0 Å². The molecule has 0 atom stereocenters. The summed E-state index contributed by atoms with van der Waals surface area (Å²) in [6, 6.07) is 17.7. The highest BCUT2D eigenvalue weighted by Gasteiger charge is 2.11. The van der Waals surface area contributed by atoms with E-state index in [9.17, 15) is 4.79 Å². The third kappa shape index (κ3) is 4.93. The zero-order valence-corrected chi connectivity index (χ0v) is 14.1. The van der Waals surface area contributed by atoms with Crippen molar-refractivity contribution in [2.24, 2.45) is 0 Å². The van der Waals surface area contributed by atoms with Crippen LogP contribution in [0.3, 0.4) is 0 Å². The molecule has 0 spiro atoms. The van der Waals surface area contributed by atoms with E-state index in [2.05, 4.69) is 17.0 Å². The van der Waals surface area contributed by atoms with Crippen LogP contribution in [-0.4, -0.2) is 36.9 Å². The third-order valence-electron chi connectivity index (χ3n) is 4.53. The van der Waals surface area contributed by atoms with Gasteiger partial charge in [-0.2, -0.15) is 0 Å². The monoisotopic (exact) mass is 323 g/mol. The minimum absolute atomic E-state index is 0.183. The van der Waals surface area contributed by atoms with Gasteiger partial charge < -0.3 is 4.74 Å². The number of carbonyl (C=O) groups excluding carboxylic acids is 1. The molecule has 0 aromatic heterocycles. The predicted molar refractivity (Wildman–Crippen MR) is 96.7 cm³/mol. The van der Waals surface area contributed by atoms with Crippen molar-refractivity contribution in [3.63, 3.8) is 0 Å². The fourth-order valence-corrected chi connectivity index (χ4v) is 3.08. The average Bonchev–Trinajstić information content (AvgIpc) is 3.15. The van der Waals surface area contributed by atoms with Gasteiger partial charge in [-0.1, -0.05) is 30.3 Å². The summed E-state index contributed by atoms with van der Waals surface area (Å²) in [7, 11) is 0. The maximum absolute atomic E-state index is 12.3. The lowest BCUT2D eigenvalue weighted by Gasteiger charge is -2.15. The molecule has 24 heavy (non-hydrogen) atoms. The molecule has 0 unspecified atom stereocenters. The molecular weight excluding hydrogens is 298 g/mol. The lowest BCUT2D eigenvalue weighted by Crippen LogP contribution is -2.25. The molecule has 0 saturated carbocycles. The van der Waals surface area contributed by atoms with Gasteiger partial charge in [0.1, 0.15) is 12.4 Å². The molecule has 3 heteroatoms. The van der Waals surface area contributed by atoms with Crippen LogP contribution in [0, 0.1) is 0 Å². The van der Waals surface area contributed by atoms with Crippen molar-refractivity contribution < 1.29 is 9.53 Å². The van der Waals surface area contributed by atoms with Crippen LogP contribution < -0.4 is 4.74 Å². The Bertz CT molecular complexity index is 631. The number of likely N-dealkylation sites (tertiary alicyclic amines) is 1. The fraction of sp³-hybridized carbons (Fsp3) is 0.381. The normalized spacial score (nSPS) is 14.7. The first kappa shape index (κ1) is 16.7. The molecule has 1 saturated heterocycles. The van der Waals surface area contributed by atoms with E-state index in [-0.39, 0.29) is 5.78 Å². The van der Waals surface area contributed by atoms with Gasteiger partial charge in [-0.15, -0.1) is 0 Å². The Balaban J connectivity index is 1.43. The molecule has 0 radical (unpaired) electrons. The van der Waals surface area contributed by atoms with E-state index >= 15 is 0 Å². The van der Waals surface area contributed by atoms with Crippen molar-refractivity contribution in [1.82, 2.24) is 4.90 Å². The molecule has 126 valence electrons. The van der Waals surface area contributed by atoms with Gasteiger partial charge in [0, 0.05) is 18.5 Å². The Morgan fingerprint density at radius 2 is 1.67 bits per heavy atom. The second-order valence-corrected chi connectivity index (χ2v) is 6.33. The number of ketones is 1. The lowest BCUT2D eigenvalue weighted by atomic mass is 10.0. The van der Waals surface area contributed by atoms with Crippen LogP contribution in [0.15, 0.2) is 54.6 Å². The standard InChI is InChI=1S/C21H25NO2/c23-21(13-8-18-6-2-1-3-7-18)19-9-11-20(12-10-19)24-17-16-22-14-4-5-15-22/h1-3,6-7,9-12H,4-5,8,13-17H2. The topological polar surface area (TPSA) is 29.5 Å². The highest BCUT2D eigenvalue weighted by atomic mass is 16.5. The van der Waals surface area contributed by atoms with Gasteiger partial charge in [0.05, 0.1) is 0 Å². The van der Waals surface area contributed by atoms with Crippen molar-refractivity contribution in [2.45, 2.75) is 25.7 Å². The van der Waals surface area contributed by atoms with E-state index in [1.165, 1.54) is 31.5 Å². The van der Waals surface area contributed by atoms with Crippen molar-refractivity contribution >= 4 is 5.78 Å². The quantitative estimate of drug-likeness (QED) is 0.688. The first-order chi connectivity index (χ1) is 11.8. The van der Waals surface area contributed by atoms with E-state index < -0.39 is 0 Å². The van der Waals surface area contributed by atoms with Gasteiger partial charge in [0.15, 0.2) is 5.78 Å². The van der Waals surface area contributed by atoms with Crippen LogP contribution in [-0.2, 0) is 6.42 Å². The summed E-state index contributed by atoms with van der Waals surface area (Å²) in [4.78, 5) is 14.7. The molecule has 1 heterocycles. The van der Waals surface area contributed by atoms with Gasteiger partial charge in [0.2, 0.25) is 0 Å². The molecule has 1 aliphatic rings. The molecule has 2 aromatic rings. The number of hydrogen-bond acceptors (Lipinski definition) is 3. The first-order valence-corrected chi connectivity index (χ1v) is 8.83. The number of ether oxygens (including phenoxy) is 1. The number of Topliss-reactive ketones (excluding diaryl/α,β-unsaturated/α-hetero) is 1. The lowest BCUT2D eigenvalue weighted by molar-refractivity contribution is 0.0983. The maximum atomic E-state index is 12.3. The predicted octanol–water partition coefficient (Wildman–Crippen LogP) is 3.98. The Labute approximate surface area is 144 Å². The van der Waals surface area contributed by atoms with E-state index in [1.807, 2.05) is 42.5 Å². The summed E-state index contributed by atoms with van der Waals surface area (Å²) in [5, 5.41) is 0. The number of rotatable bonds is 8. The Hall–Kier alpha value is -2.13. The van der Waals surface area contributed by atoms with Crippen molar-refractivity contribution in [3.05, 3.63) is 65.7 Å². The second-order valence-electron chi connectivity index (χ2n) is 6.33. The van der Waals surface area contributed by atoms with Gasteiger partial charge >= 0.3 is 0 Å². The van der Waals surface area contributed by atoms with Crippen LogP contribution in [0.5, 0.6) is 5.75 Å². The zero-order chi connectivity index (χ0) is 16.6. The second kappa shape index (κ2) is 8.65. The van der Waals surface area contributed by atoms with Gasteiger partial charge in [0.25, 0.3) is 0 Å². The van der Waals surface area contributed by atoms with Crippen molar-refractivity contribution in [3.8, 4) is 5.75 Å². The zero-order valence-electron chi connectivity index (χ0n) is 14.1. The van der Waals surface area contributed by atoms with Crippen LogP contribution in [0.1, 0.15) is 35.2 Å². The molecule has 3 nitrogen and oxygen atoms in total. The number of carbonyl (C=O) groups is 1. The van der Waals surface area contributed by atoms with E-state index in [0.29, 0.717) is 13.0 Å². The number of aryl methyl sites for hydroxylation is 1. The minimum atomic E-state index is 0.183. The highest BCUT2D eigenvalue weighted by molar-refractivity contribution is 5.96. The van der Waals surface area contributed by atoms with Crippen LogP contribution in [0.25, 0.3) is 0 Å². The largest absolute Gasteiger partial charge is 0.492 e. The Morgan fingerprint density at radius 1 is 0.958 bits per heavy atom. The maximum Gasteiger partial charge on any atom is 0.163 e. The molecular formula is C21H25NO2. The summed E-state index contributed by atoms with van der Waals surface area (Å²) >= 11 is 0. The van der Waals surface area contributed by atoms with Gasteiger partial charge in [-0.25, -0.2) is 0 Å². The minimum Gasteiger partial charge on any atom is -0.492 e. The van der Waals surface area contributed by atoms with Crippen molar-refractivity contribution in [2.75, 3.05) is 26.2 Å². The summed E-state index contributed by atoms with van der Waals surface area (Å²) in [5.74, 6) is 1.02. The van der Waals surface area contributed by atoms with Gasteiger partial charge in [-0.3, -0.25) is 9.69 Å². The molecule has 3 rings (SSSR count). The highest BCUT2D eigenvalue weighted by Crippen LogP contribution is 2.15. The molecule has 0 amide bonds. The summed E-state index contributed by atoms with van der Waals surface area (Å²) in [5.41, 5.74) is 1.96. The molecule has 0 N–H and O–H groups in total. The van der Waals surface area contributed by atoms with E-state index in [4.69, 9.17) is 4.74 Å². The Morgan fingerprint density at radius 3 is 2.38 bits per heavy atom. The number of hydrogen-bond donors (Lipinski definition) is 0. The molecule has 1 aliphatic heterocycles. The Kier molecular flexibility index (Phi) is 6.02. The summed E-state index contributed by atoms with van der Waals surface area (Å²) < 4.78 is 5.78. The van der Waals surface area contributed by atoms with E-state index in [1.54, 1.807) is 0 Å². The molecule has 0 bridgehead atoms. The summed E-state index contributed by atoms with van der Waals surface area (Å²) in [6.45, 7) is 4.08. The van der Waals surface area contributed by atoms with E-state index in [0.717, 1.165) is 24.3 Å². The number of nitrogens with zero attached hydrogens (tertiary/aromatic N) is 1. The molecule has 0 aliphatic carbocycles. The van der Waals surface area contributed by atoms with Gasteiger partial charge in [-0.05, 0) is 62.2 Å². The SMILES string of the molecule is O=C(CCc1ccccc1)c1ccc(OCCN2CCCC2)cc1.